The van der Waals surface area contributed by atoms with E-state index in [0.717, 1.165) is 31.3 Å². The van der Waals surface area contributed by atoms with Crippen LogP contribution in [0.4, 0.5) is 10.1 Å². The van der Waals surface area contributed by atoms with Crippen LogP contribution in [0.3, 0.4) is 0 Å². The zero-order chi connectivity index (χ0) is 28.1. The summed E-state index contributed by atoms with van der Waals surface area (Å²) in [5, 5.41) is 10.2. The predicted molar refractivity (Wildman–Crippen MR) is 140 cm³/mol. The first kappa shape index (κ1) is 26.8. The highest BCUT2D eigenvalue weighted by atomic mass is 19.1. The molecule has 1 aliphatic rings. The van der Waals surface area contributed by atoms with E-state index in [1.54, 1.807) is 60.7 Å². The predicted octanol–water partition coefficient (Wildman–Crippen LogP) is 4.15. The molecule has 8 nitrogen and oxygen atoms in total. The van der Waals surface area contributed by atoms with Crippen molar-refractivity contribution in [1.82, 2.24) is 0 Å². The van der Waals surface area contributed by atoms with Gasteiger partial charge in [0.1, 0.15) is 17.3 Å². The van der Waals surface area contributed by atoms with E-state index >= 15 is 0 Å². The number of esters is 2. The van der Waals surface area contributed by atoms with Crippen LogP contribution in [0, 0.1) is 17.1 Å². The van der Waals surface area contributed by atoms with E-state index < -0.39 is 29.5 Å². The van der Waals surface area contributed by atoms with Gasteiger partial charge in [-0.25, -0.2) is 14.0 Å². The minimum absolute atomic E-state index is 0.00380. The topological polar surface area (TPSA) is 123 Å². The lowest BCUT2D eigenvalue weighted by Gasteiger charge is -2.36. The highest BCUT2D eigenvalue weighted by Crippen LogP contribution is 2.44. The Balaban J connectivity index is 2.01. The number of methoxy groups -OCH3 is 2. The Morgan fingerprint density at radius 2 is 1.56 bits per heavy atom. The normalized spacial score (nSPS) is 15.0. The molecule has 1 unspecified atom stereocenters. The van der Waals surface area contributed by atoms with Gasteiger partial charge in [-0.15, -0.1) is 0 Å². The molecule has 3 aromatic rings. The number of halogens is 1. The standard InChI is InChI=1S/C30H24FN3O5/c1-38-29(36)26-25(19-11-7-4-8-12-19)22(17-32)28(33)34(27(26)30(37)39-2)23-14-13-20(31)16-21(23)24(35)15-18-9-5-3-6-10-18/h3-14,16,25H,15,33H2,1-2H3. The maximum atomic E-state index is 14.5. The van der Waals surface area contributed by atoms with Crippen LogP contribution in [0.5, 0.6) is 0 Å². The Morgan fingerprint density at radius 3 is 2.15 bits per heavy atom. The molecule has 4 rings (SSSR count). The third kappa shape index (κ3) is 5.13. The molecule has 0 aromatic heterocycles. The Morgan fingerprint density at radius 1 is 0.949 bits per heavy atom. The van der Waals surface area contributed by atoms with Crippen LogP contribution in [-0.2, 0) is 25.5 Å². The number of rotatable bonds is 7. The molecule has 2 N–H and O–H groups in total. The van der Waals surface area contributed by atoms with Gasteiger partial charge in [0.25, 0.3) is 0 Å². The lowest BCUT2D eigenvalue weighted by Crippen LogP contribution is -2.41. The Bertz CT molecular complexity index is 1540. The Kier molecular flexibility index (Phi) is 7.87. The molecule has 3 aromatic carbocycles. The zero-order valence-electron chi connectivity index (χ0n) is 21.2. The first-order chi connectivity index (χ1) is 18.8. The van der Waals surface area contributed by atoms with E-state index in [1.165, 1.54) is 6.07 Å². The van der Waals surface area contributed by atoms with E-state index in [2.05, 4.69) is 0 Å². The molecule has 196 valence electrons. The fourth-order valence-corrected chi connectivity index (χ4v) is 4.57. The van der Waals surface area contributed by atoms with E-state index in [-0.39, 0.29) is 40.3 Å². The molecular weight excluding hydrogens is 501 g/mol. The van der Waals surface area contributed by atoms with Crippen LogP contribution in [0.25, 0.3) is 0 Å². The summed E-state index contributed by atoms with van der Waals surface area (Å²) in [6.07, 6.45) is -0.0758. The summed E-state index contributed by atoms with van der Waals surface area (Å²) in [5.74, 6) is -4.35. The van der Waals surface area contributed by atoms with Crippen LogP contribution in [-0.4, -0.2) is 31.9 Å². The lowest BCUT2D eigenvalue weighted by atomic mass is 9.80. The molecule has 0 saturated carbocycles. The van der Waals surface area contributed by atoms with Gasteiger partial charge in [-0.2, -0.15) is 5.26 Å². The molecular formula is C30H24FN3O5. The van der Waals surface area contributed by atoms with E-state index in [0.29, 0.717) is 11.1 Å². The summed E-state index contributed by atoms with van der Waals surface area (Å²) >= 11 is 0. The summed E-state index contributed by atoms with van der Waals surface area (Å²) in [5.41, 5.74) is 6.95. The quantitative estimate of drug-likeness (QED) is 0.361. The first-order valence-corrected chi connectivity index (χ1v) is 11.8. The molecule has 0 bridgehead atoms. The van der Waals surface area contributed by atoms with Crippen molar-refractivity contribution in [3.8, 4) is 6.07 Å². The average molecular weight is 526 g/mol. The molecule has 0 saturated heterocycles. The zero-order valence-corrected chi connectivity index (χ0v) is 21.2. The van der Waals surface area contributed by atoms with Crippen LogP contribution >= 0.6 is 0 Å². The van der Waals surface area contributed by atoms with Crippen LogP contribution in [0.1, 0.15) is 27.4 Å². The molecule has 1 heterocycles. The second-order valence-electron chi connectivity index (χ2n) is 8.58. The van der Waals surface area contributed by atoms with Gasteiger partial charge < -0.3 is 15.2 Å². The van der Waals surface area contributed by atoms with Crippen LogP contribution in [0.15, 0.2) is 102 Å². The van der Waals surface area contributed by atoms with Gasteiger partial charge in [0.2, 0.25) is 0 Å². The third-order valence-corrected chi connectivity index (χ3v) is 6.32. The summed E-state index contributed by atoms with van der Waals surface area (Å²) in [7, 11) is 2.25. The second kappa shape index (κ2) is 11.4. The number of carbonyl (C=O) groups excluding carboxylic acids is 3. The number of ether oxygens (including phenoxy) is 2. The molecule has 1 atom stereocenters. The van der Waals surface area contributed by atoms with Crippen molar-refractivity contribution in [2.45, 2.75) is 12.3 Å². The van der Waals surface area contributed by atoms with Gasteiger partial charge in [-0.05, 0) is 29.3 Å². The molecule has 39 heavy (non-hydrogen) atoms. The first-order valence-electron chi connectivity index (χ1n) is 11.8. The fourth-order valence-electron chi connectivity index (χ4n) is 4.57. The molecule has 0 amide bonds. The molecule has 0 spiro atoms. The van der Waals surface area contributed by atoms with Gasteiger partial charge in [0.05, 0.1) is 43.0 Å². The largest absolute Gasteiger partial charge is 0.466 e. The van der Waals surface area contributed by atoms with Crippen molar-refractivity contribution in [1.29, 1.82) is 5.26 Å². The van der Waals surface area contributed by atoms with Gasteiger partial charge in [0, 0.05) is 12.0 Å². The summed E-state index contributed by atoms with van der Waals surface area (Å²) in [6, 6.07) is 22.8. The van der Waals surface area contributed by atoms with Crippen molar-refractivity contribution in [3.05, 3.63) is 124 Å². The SMILES string of the molecule is COC(=O)C1=C(C(=O)OC)N(c2ccc(F)cc2C(=O)Cc2ccccc2)C(N)=C(C#N)C1c1ccccc1. The minimum atomic E-state index is -1.07. The van der Waals surface area contributed by atoms with Gasteiger partial charge in [-0.1, -0.05) is 60.7 Å². The molecule has 9 heteroatoms. The number of Topliss-reactive ketones (excluding diaryl/α,β-unsaturated/α-hetero) is 1. The molecule has 0 radical (unpaired) electrons. The highest BCUT2D eigenvalue weighted by Gasteiger charge is 2.43. The number of nitrogens with zero attached hydrogens (tertiary/aromatic N) is 2. The van der Waals surface area contributed by atoms with Crippen molar-refractivity contribution in [2.24, 2.45) is 5.73 Å². The van der Waals surface area contributed by atoms with Gasteiger partial charge in [-0.3, -0.25) is 9.69 Å². The van der Waals surface area contributed by atoms with Crippen molar-refractivity contribution in [3.63, 3.8) is 0 Å². The van der Waals surface area contributed by atoms with Crippen molar-refractivity contribution >= 4 is 23.4 Å². The molecule has 0 fully saturated rings. The maximum Gasteiger partial charge on any atom is 0.355 e. The van der Waals surface area contributed by atoms with Crippen LogP contribution in [0.2, 0.25) is 0 Å². The highest BCUT2D eigenvalue weighted by molar-refractivity contribution is 6.09. The van der Waals surface area contributed by atoms with Crippen molar-refractivity contribution < 1.29 is 28.2 Å². The average Bonchev–Trinajstić information content (AvgIpc) is 2.96. The summed E-state index contributed by atoms with van der Waals surface area (Å²) in [6.45, 7) is 0. The van der Waals surface area contributed by atoms with Crippen LogP contribution < -0.4 is 10.6 Å². The number of benzene rings is 3. The lowest BCUT2D eigenvalue weighted by molar-refractivity contribution is -0.139. The fraction of sp³-hybridized carbons (Fsp3) is 0.133. The number of nitrogens with two attached hydrogens (primary N) is 1. The molecule has 1 aliphatic heterocycles. The van der Waals surface area contributed by atoms with Gasteiger partial charge in [0.15, 0.2) is 5.78 Å². The number of carbonyl (C=O) groups is 3. The smallest absolute Gasteiger partial charge is 0.355 e. The van der Waals surface area contributed by atoms with E-state index in [4.69, 9.17) is 15.2 Å². The maximum absolute atomic E-state index is 14.5. The minimum Gasteiger partial charge on any atom is -0.466 e. The number of nitriles is 1. The number of hydrogen-bond acceptors (Lipinski definition) is 8. The van der Waals surface area contributed by atoms with Gasteiger partial charge >= 0.3 is 11.9 Å². The summed E-state index contributed by atoms with van der Waals surface area (Å²) < 4.78 is 24.5. The van der Waals surface area contributed by atoms with E-state index in [1.807, 2.05) is 6.07 Å². The Labute approximate surface area is 224 Å². The second-order valence-corrected chi connectivity index (χ2v) is 8.58. The third-order valence-electron chi connectivity index (χ3n) is 6.32. The van der Waals surface area contributed by atoms with Crippen molar-refractivity contribution in [2.75, 3.05) is 19.1 Å². The monoisotopic (exact) mass is 525 g/mol. The van der Waals surface area contributed by atoms with E-state index in [9.17, 15) is 24.0 Å². The molecule has 0 aliphatic carbocycles. The number of ketones is 1. The Hall–Kier alpha value is -5.23. The number of hydrogen-bond donors (Lipinski definition) is 1. The number of anilines is 1. The number of allylic oxidation sites excluding steroid dienone is 1. The summed E-state index contributed by atoms with van der Waals surface area (Å²) in [4.78, 5) is 41.1.